The summed E-state index contributed by atoms with van der Waals surface area (Å²) in [5.74, 6) is 1.25. The van der Waals surface area contributed by atoms with Crippen molar-refractivity contribution < 1.29 is 4.79 Å². The molecule has 3 rings (SSSR count). The first-order valence-electron chi connectivity index (χ1n) is 8.92. The average Bonchev–Trinajstić information content (AvgIpc) is 2.91. The fourth-order valence-electron chi connectivity index (χ4n) is 3.87. The van der Waals surface area contributed by atoms with Crippen molar-refractivity contribution in [2.24, 2.45) is 11.8 Å². The lowest BCUT2D eigenvalue weighted by molar-refractivity contribution is 0.0849. The van der Waals surface area contributed by atoms with Crippen molar-refractivity contribution in [3.8, 4) is 0 Å². The zero-order chi connectivity index (χ0) is 17.5. The highest BCUT2D eigenvalue weighted by atomic mass is 16.1. The third kappa shape index (κ3) is 3.17. The molecule has 1 amide bonds. The minimum atomic E-state index is -0.218. The lowest BCUT2D eigenvalue weighted by Gasteiger charge is -2.39. The molecule has 2 aromatic heterocycles. The molecular formula is C19H28N4O. The van der Waals surface area contributed by atoms with Gasteiger partial charge in [0.15, 0.2) is 5.65 Å². The Morgan fingerprint density at radius 2 is 1.92 bits per heavy atom. The zero-order valence-corrected chi connectivity index (χ0v) is 15.4. The first-order valence-corrected chi connectivity index (χ1v) is 8.92. The van der Waals surface area contributed by atoms with Gasteiger partial charge in [-0.1, -0.05) is 19.8 Å². The number of carbonyl (C=O) groups is 1. The lowest BCUT2D eigenvalue weighted by atomic mass is 9.73. The van der Waals surface area contributed by atoms with Gasteiger partial charge in [-0.25, -0.2) is 9.50 Å². The molecule has 2 heterocycles. The van der Waals surface area contributed by atoms with Gasteiger partial charge < -0.3 is 5.32 Å². The van der Waals surface area contributed by atoms with Crippen molar-refractivity contribution in [3.63, 3.8) is 0 Å². The molecule has 24 heavy (non-hydrogen) atoms. The molecule has 0 saturated heterocycles. The number of hydrogen-bond donors (Lipinski definition) is 1. The van der Waals surface area contributed by atoms with Crippen LogP contribution in [-0.2, 0) is 0 Å². The first-order chi connectivity index (χ1) is 11.3. The van der Waals surface area contributed by atoms with Gasteiger partial charge in [-0.3, -0.25) is 4.79 Å². The van der Waals surface area contributed by atoms with Gasteiger partial charge in [-0.05, 0) is 58.4 Å². The molecule has 0 atom stereocenters. The quantitative estimate of drug-likeness (QED) is 0.935. The fourth-order valence-corrected chi connectivity index (χ4v) is 3.87. The van der Waals surface area contributed by atoms with E-state index in [0.29, 0.717) is 17.1 Å². The Balaban J connectivity index is 1.82. The molecule has 5 nitrogen and oxygen atoms in total. The lowest BCUT2D eigenvalue weighted by Crippen LogP contribution is -2.50. The molecule has 0 bridgehead atoms. The van der Waals surface area contributed by atoms with Gasteiger partial charge in [0, 0.05) is 16.9 Å². The molecule has 1 fully saturated rings. The van der Waals surface area contributed by atoms with Crippen LogP contribution in [0.5, 0.6) is 0 Å². The van der Waals surface area contributed by atoms with E-state index in [0.717, 1.165) is 17.3 Å². The molecular weight excluding hydrogens is 300 g/mol. The fraction of sp³-hybridized carbons (Fsp3) is 0.632. The predicted octanol–water partition coefficient (Wildman–Crippen LogP) is 3.68. The molecule has 0 aromatic carbocycles. The van der Waals surface area contributed by atoms with Gasteiger partial charge in [0.05, 0.1) is 6.20 Å². The summed E-state index contributed by atoms with van der Waals surface area (Å²) in [7, 11) is 0. The predicted molar refractivity (Wildman–Crippen MR) is 95.1 cm³/mol. The topological polar surface area (TPSA) is 59.3 Å². The number of carbonyl (C=O) groups excluding carboxylic acids is 1. The van der Waals surface area contributed by atoms with Crippen LogP contribution in [-0.4, -0.2) is 26.0 Å². The number of aromatic nitrogens is 3. The van der Waals surface area contributed by atoms with Crippen molar-refractivity contribution in [3.05, 3.63) is 29.2 Å². The molecule has 0 spiro atoms. The molecule has 1 aliphatic rings. The molecule has 0 unspecified atom stereocenters. The van der Waals surface area contributed by atoms with Crippen molar-refractivity contribution in [2.75, 3.05) is 0 Å². The Labute approximate surface area is 143 Å². The Hall–Kier alpha value is -1.91. The summed E-state index contributed by atoms with van der Waals surface area (Å²) in [5.41, 5.74) is 2.86. The summed E-state index contributed by atoms with van der Waals surface area (Å²) in [6.07, 6.45) is 6.49. The minimum absolute atomic E-state index is 0.0777. The number of amides is 1. The largest absolute Gasteiger partial charge is 0.347 e. The van der Waals surface area contributed by atoms with Gasteiger partial charge in [0.1, 0.15) is 5.56 Å². The van der Waals surface area contributed by atoms with E-state index in [1.165, 1.54) is 25.7 Å². The van der Waals surface area contributed by atoms with Crippen molar-refractivity contribution in [1.82, 2.24) is 19.9 Å². The third-order valence-corrected chi connectivity index (χ3v) is 5.49. The van der Waals surface area contributed by atoms with Gasteiger partial charge >= 0.3 is 0 Å². The molecule has 0 radical (unpaired) electrons. The standard InChI is InChI=1S/C19H28N4O/c1-12-6-8-15(9-7-12)19(4,5)22-18(24)16-11-20-23-14(3)10-13(2)21-17(16)23/h10-12,15H,6-9H2,1-5H3,(H,22,24)/t12-,15+. The van der Waals surface area contributed by atoms with E-state index in [9.17, 15) is 4.79 Å². The number of hydrogen-bond acceptors (Lipinski definition) is 3. The molecule has 1 saturated carbocycles. The highest BCUT2D eigenvalue weighted by Crippen LogP contribution is 2.35. The summed E-state index contributed by atoms with van der Waals surface area (Å²) < 4.78 is 1.73. The van der Waals surface area contributed by atoms with Crippen LogP contribution in [0.25, 0.3) is 5.65 Å². The summed E-state index contributed by atoms with van der Waals surface area (Å²) in [6, 6.07) is 1.97. The van der Waals surface area contributed by atoms with E-state index in [2.05, 4.69) is 36.2 Å². The number of aryl methyl sites for hydroxylation is 2. The molecule has 1 aliphatic carbocycles. The Kier molecular flexibility index (Phi) is 4.37. The number of nitrogens with one attached hydrogen (secondary N) is 1. The van der Waals surface area contributed by atoms with Crippen molar-refractivity contribution >= 4 is 11.6 Å². The molecule has 2 aromatic rings. The van der Waals surface area contributed by atoms with Crippen LogP contribution in [0.4, 0.5) is 0 Å². The number of rotatable bonds is 3. The van der Waals surface area contributed by atoms with Gasteiger partial charge in [-0.2, -0.15) is 5.10 Å². The second-order valence-corrected chi connectivity index (χ2v) is 7.97. The maximum atomic E-state index is 12.9. The summed E-state index contributed by atoms with van der Waals surface area (Å²) in [4.78, 5) is 17.4. The summed E-state index contributed by atoms with van der Waals surface area (Å²) in [5, 5.41) is 7.57. The van der Waals surface area contributed by atoms with Crippen LogP contribution >= 0.6 is 0 Å². The zero-order valence-electron chi connectivity index (χ0n) is 15.4. The first kappa shape index (κ1) is 16.9. The van der Waals surface area contributed by atoms with Crippen LogP contribution in [0.15, 0.2) is 12.3 Å². The van der Waals surface area contributed by atoms with Gasteiger partial charge in [0.25, 0.3) is 5.91 Å². The maximum Gasteiger partial charge on any atom is 0.257 e. The van der Waals surface area contributed by atoms with Crippen LogP contribution in [0, 0.1) is 25.7 Å². The van der Waals surface area contributed by atoms with Crippen molar-refractivity contribution in [1.29, 1.82) is 0 Å². The van der Waals surface area contributed by atoms with Crippen molar-refractivity contribution in [2.45, 2.75) is 65.8 Å². The van der Waals surface area contributed by atoms with E-state index >= 15 is 0 Å². The van der Waals surface area contributed by atoms with E-state index in [1.807, 2.05) is 19.9 Å². The van der Waals surface area contributed by atoms with E-state index in [4.69, 9.17) is 0 Å². The SMILES string of the molecule is Cc1cc(C)n2ncc(C(=O)NC(C)(C)[C@H]3CC[C@@H](C)CC3)c2n1. The summed E-state index contributed by atoms with van der Waals surface area (Å²) in [6.45, 7) is 10.5. The highest BCUT2D eigenvalue weighted by molar-refractivity contribution is 6.00. The Bertz CT molecular complexity index is 754. The van der Waals surface area contributed by atoms with Gasteiger partial charge in [-0.15, -0.1) is 0 Å². The third-order valence-electron chi connectivity index (χ3n) is 5.49. The second kappa shape index (κ2) is 6.19. The average molecular weight is 328 g/mol. The second-order valence-electron chi connectivity index (χ2n) is 7.97. The molecule has 5 heteroatoms. The van der Waals surface area contributed by atoms with Crippen LogP contribution in [0.1, 0.15) is 68.2 Å². The van der Waals surface area contributed by atoms with Crippen LogP contribution in [0.2, 0.25) is 0 Å². The molecule has 130 valence electrons. The minimum Gasteiger partial charge on any atom is -0.347 e. The summed E-state index contributed by atoms with van der Waals surface area (Å²) >= 11 is 0. The van der Waals surface area contributed by atoms with E-state index < -0.39 is 0 Å². The number of fused-ring (bicyclic) bond motifs is 1. The molecule has 0 aliphatic heterocycles. The monoisotopic (exact) mass is 328 g/mol. The number of nitrogens with zero attached hydrogens (tertiary/aromatic N) is 3. The van der Waals surface area contributed by atoms with Crippen LogP contribution < -0.4 is 5.32 Å². The smallest absolute Gasteiger partial charge is 0.257 e. The maximum absolute atomic E-state index is 12.9. The van der Waals surface area contributed by atoms with Crippen LogP contribution in [0.3, 0.4) is 0 Å². The Morgan fingerprint density at radius 1 is 1.25 bits per heavy atom. The molecule has 1 N–H and O–H groups in total. The van der Waals surface area contributed by atoms with E-state index in [-0.39, 0.29) is 11.4 Å². The van der Waals surface area contributed by atoms with Gasteiger partial charge in [0.2, 0.25) is 0 Å². The Morgan fingerprint density at radius 3 is 2.58 bits per heavy atom. The normalized spacial score (nSPS) is 21.9. The highest BCUT2D eigenvalue weighted by Gasteiger charge is 2.34. The van der Waals surface area contributed by atoms with E-state index in [1.54, 1.807) is 10.7 Å².